The number of aromatic nitrogens is 3. The molecule has 2 rings (SSSR count). The largest absolute Gasteiger partial charge is 0.467 e. The number of H-pyrrole nitrogens is 1. The molecule has 1 N–H and O–H groups in total. The lowest BCUT2D eigenvalue weighted by Crippen LogP contribution is -2.14. The van der Waals surface area contributed by atoms with Crippen molar-refractivity contribution in [2.75, 3.05) is 7.11 Å². The van der Waals surface area contributed by atoms with Gasteiger partial charge in [-0.05, 0) is 12.1 Å². The van der Waals surface area contributed by atoms with Crippen LogP contribution in [0.1, 0.15) is 0 Å². The molecule has 0 radical (unpaired) electrons. The van der Waals surface area contributed by atoms with Crippen molar-refractivity contribution in [2.24, 2.45) is 0 Å². The SMILES string of the molecule is COc1nc(-c2ccc(F)c(F)c2F)[nH]c(=O)n1. The van der Waals surface area contributed by atoms with Crippen molar-refractivity contribution in [2.45, 2.75) is 0 Å². The number of benzene rings is 1. The molecule has 2 aromatic rings. The van der Waals surface area contributed by atoms with E-state index in [1.54, 1.807) is 0 Å². The Morgan fingerprint density at radius 2 is 1.89 bits per heavy atom. The third-order valence-electron chi connectivity index (χ3n) is 2.10. The Kier molecular flexibility index (Phi) is 3.00. The average Bonchev–Trinajstić information content (AvgIpc) is 2.35. The number of nitrogens with one attached hydrogen (secondary N) is 1. The van der Waals surface area contributed by atoms with E-state index in [-0.39, 0.29) is 11.8 Å². The molecule has 0 fully saturated rings. The van der Waals surface area contributed by atoms with Gasteiger partial charge >= 0.3 is 11.7 Å². The number of halogens is 3. The number of aromatic amines is 1. The molecule has 18 heavy (non-hydrogen) atoms. The molecule has 0 aliphatic carbocycles. The van der Waals surface area contributed by atoms with Crippen molar-refractivity contribution >= 4 is 0 Å². The van der Waals surface area contributed by atoms with Crippen LogP contribution in [0.15, 0.2) is 16.9 Å². The highest BCUT2D eigenvalue weighted by Gasteiger charge is 2.17. The zero-order valence-corrected chi connectivity index (χ0v) is 9.00. The third-order valence-corrected chi connectivity index (χ3v) is 2.10. The normalized spacial score (nSPS) is 10.4. The van der Waals surface area contributed by atoms with Gasteiger partial charge in [0.25, 0.3) is 0 Å². The van der Waals surface area contributed by atoms with Crippen molar-refractivity contribution in [3.8, 4) is 17.4 Å². The van der Waals surface area contributed by atoms with Gasteiger partial charge < -0.3 is 4.74 Å². The highest BCUT2D eigenvalue weighted by molar-refractivity contribution is 5.55. The molecule has 1 aromatic carbocycles. The van der Waals surface area contributed by atoms with Gasteiger partial charge in [0.15, 0.2) is 17.5 Å². The van der Waals surface area contributed by atoms with E-state index in [9.17, 15) is 18.0 Å². The molecule has 0 saturated heterocycles. The minimum atomic E-state index is -1.65. The lowest BCUT2D eigenvalue weighted by molar-refractivity contribution is 0.376. The van der Waals surface area contributed by atoms with Crippen LogP contribution in [-0.4, -0.2) is 22.1 Å². The Labute approximate surface area is 98.3 Å². The summed E-state index contributed by atoms with van der Waals surface area (Å²) in [4.78, 5) is 20.2. The minimum absolute atomic E-state index is 0.303. The molecule has 5 nitrogen and oxygen atoms in total. The first-order chi connectivity index (χ1) is 8.52. The molecular formula is C10H6F3N3O2. The van der Waals surface area contributed by atoms with E-state index in [2.05, 4.69) is 19.7 Å². The van der Waals surface area contributed by atoms with E-state index in [1.165, 1.54) is 7.11 Å². The van der Waals surface area contributed by atoms with Crippen molar-refractivity contribution in [1.82, 2.24) is 15.0 Å². The Morgan fingerprint density at radius 1 is 1.17 bits per heavy atom. The van der Waals surface area contributed by atoms with Crippen LogP contribution in [0.2, 0.25) is 0 Å². The highest BCUT2D eigenvalue weighted by Crippen LogP contribution is 2.22. The third kappa shape index (κ3) is 2.04. The summed E-state index contributed by atoms with van der Waals surface area (Å²) < 4.78 is 43.9. The van der Waals surface area contributed by atoms with E-state index in [0.29, 0.717) is 0 Å². The summed E-state index contributed by atoms with van der Waals surface area (Å²) in [5, 5.41) is 0. The van der Waals surface area contributed by atoms with Crippen LogP contribution in [0.4, 0.5) is 13.2 Å². The summed E-state index contributed by atoms with van der Waals surface area (Å²) in [6.45, 7) is 0. The van der Waals surface area contributed by atoms with Crippen molar-refractivity contribution in [3.63, 3.8) is 0 Å². The van der Waals surface area contributed by atoms with Gasteiger partial charge in [-0.2, -0.15) is 4.98 Å². The summed E-state index contributed by atoms with van der Waals surface area (Å²) in [7, 11) is 1.21. The van der Waals surface area contributed by atoms with E-state index in [4.69, 9.17) is 0 Å². The fourth-order valence-electron chi connectivity index (χ4n) is 1.29. The van der Waals surface area contributed by atoms with E-state index >= 15 is 0 Å². The molecule has 1 heterocycles. The molecule has 8 heteroatoms. The van der Waals surface area contributed by atoms with E-state index in [1.807, 2.05) is 0 Å². The molecule has 0 atom stereocenters. The van der Waals surface area contributed by atoms with Crippen LogP contribution in [0, 0.1) is 17.5 Å². The first-order valence-corrected chi connectivity index (χ1v) is 4.69. The topological polar surface area (TPSA) is 67.9 Å². The van der Waals surface area contributed by atoms with E-state index in [0.717, 1.165) is 12.1 Å². The smallest absolute Gasteiger partial charge is 0.351 e. The Bertz CT molecular complexity index is 657. The van der Waals surface area contributed by atoms with Crippen molar-refractivity contribution in [1.29, 1.82) is 0 Å². The van der Waals surface area contributed by atoms with Gasteiger partial charge in [-0.1, -0.05) is 0 Å². The van der Waals surface area contributed by atoms with Gasteiger partial charge in [-0.15, -0.1) is 4.98 Å². The van der Waals surface area contributed by atoms with Gasteiger partial charge in [-0.3, -0.25) is 4.98 Å². The lowest BCUT2D eigenvalue weighted by Gasteiger charge is -2.04. The quantitative estimate of drug-likeness (QED) is 0.822. The zero-order chi connectivity index (χ0) is 13.3. The van der Waals surface area contributed by atoms with Crippen LogP contribution in [-0.2, 0) is 0 Å². The molecule has 0 unspecified atom stereocenters. The summed E-state index contributed by atoms with van der Waals surface area (Å²) in [6, 6.07) is 1.37. The maximum atomic E-state index is 13.5. The summed E-state index contributed by atoms with van der Waals surface area (Å²) >= 11 is 0. The van der Waals surface area contributed by atoms with Crippen molar-refractivity contribution in [3.05, 3.63) is 40.1 Å². The van der Waals surface area contributed by atoms with Gasteiger partial charge in [-0.25, -0.2) is 18.0 Å². The first kappa shape index (κ1) is 12.1. The number of nitrogens with zero attached hydrogens (tertiary/aromatic N) is 2. The Morgan fingerprint density at radius 3 is 2.56 bits per heavy atom. The van der Waals surface area contributed by atoms with Crippen LogP contribution in [0.25, 0.3) is 11.4 Å². The number of hydrogen-bond donors (Lipinski definition) is 1. The predicted octanol–water partition coefficient (Wildman–Crippen LogP) is 1.26. The number of hydrogen-bond acceptors (Lipinski definition) is 4. The molecule has 0 amide bonds. The standard InChI is InChI=1S/C10H6F3N3O2/c1-18-10-15-8(14-9(17)16-10)4-2-3-5(11)7(13)6(4)12/h2-3H,1H3,(H,14,15,16,17). The van der Waals surface area contributed by atoms with Crippen LogP contribution < -0.4 is 10.4 Å². The average molecular weight is 257 g/mol. The molecule has 0 aliphatic rings. The number of methoxy groups -OCH3 is 1. The fourth-order valence-corrected chi connectivity index (χ4v) is 1.29. The molecule has 94 valence electrons. The summed E-state index contributed by atoms with van der Waals surface area (Å²) in [5.41, 5.74) is -1.24. The predicted molar refractivity (Wildman–Crippen MR) is 54.5 cm³/mol. The molecule has 1 aromatic heterocycles. The molecule has 0 bridgehead atoms. The molecule has 0 spiro atoms. The van der Waals surface area contributed by atoms with Gasteiger partial charge in [0.1, 0.15) is 5.82 Å². The molecule has 0 saturated carbocycles. The second-order valence-electron chi connectivity index (χ2n) is 3.21. The maximum Gasteiger partial charge on any atom is 0.351 e. The van der Waals surface area contributed by atoms with Gasteiger partial charge in [0, 0.05) is 0 Å². The maximum absolute atomic E-state index is 13.5. The Hall–Kier alpha value is -2.38. The monoisotopic (exact) mass is 257 g/mol. The summed E-state index contributed by atoms with van der Waals surface area (Å²) in [5.74, 6) is -4.74. The first-order valence-electron chi connectivity index (χ1n) is 4.69. The second kappa shape index (κ2) is 4.47. The van der Waals surface area contributed by atoms with Crippen LogP contribution in [0.3, 0.4) is 0 Å². The second-order valence-corrected chi connectivity index (χ2v) is 3.21. The van der Waals surface area contributed by atoms with Gasteiger partial charge in [0.05, 0.1) is 12.7 Å². The molecule has 0 aliphatic heterocycles. The van der Waals surface area contributed by atoms with Crippen LogP contribution in [0.5, 0.6) is 6.01 Å². The van der Waals surface area contributed by atoms with E-state index < -0.39 is 28.7 Å². The highest BCUT2D eigenvalue weighted by atomic mass is 19.2. The van der Waals surface area contributed by atoms with Gasteiger partial charge in [0.2, 0.25) is 0 Å². The minimum Gasteiger partial charge on any atom is -0.467 e. The molecular weight excluding hydrogens is 251 g/mol. The number of rotatable bonds is 2. The zero-order valence-electron chi connectivity index (χ0n) is 9.00. The van der Waals surface area contributed by atoms with Crippen molar-refractivity contribution < 1.29 is 17.9 Å². The lowest BCUT2D eigenvalue weighted by atomic mass is 10.2. The number of ether oxygens (including phenoxy) is 1. The van der Waals surface area contributed by atoms with Crippen LogP contribution >= 0.6 is 0 Å². The summed E-state index contributed by atoms with van der Waals surface area (Å²) in [6.07, 6.45) is 0. The Balaban J connectivity index is 2.66. The fraction of sp³-hybridized carbons (Fsp3) is 0.100.